The first-order chi connectivity index (χ1) is 21.7. The van der Waals surface area contributed by atoms with Gasteiger partial charge in [0.25, 0.3) is 5.91 Å². The number of aryl methyl sites for hydroxylation is 2. The third kappa shape index (κ3) is 11.4. The highest BCUT2D eigenvalue weighted by atomic mass is 35.5. The molecule has 2 aromatic heterocycles. The molecule has 0 atom stereocenters. The summed E-state index contributed by atoms with van der Waals surface area (Å²) in [5.74, 6) is -2.82. The molecular formula is C34H37ClF3N3O3S. The summed E-state index contributed by atoms with van der Waals surface area (Å²) in [5, 5.41) is 12.3. The summed E-state index contributed by atoms with van der Waals surface area (Å²) in [5.41, 5.74) is 2.04. The highest BCUT2D eigenvalue weighted by molar-refractivity contribution is 7.17. The fraction of sp³-hybridized carbons (Fsp3) is 0.294. The van der Waals surface area contributed by atoms with E-state index in [0.717, 1.165) is 35.6 Å². The third-order valence-corrected chi connectivity index (χ3v) is 7.24. The number of aldehydes is 1. The fourth-order valence-corrected chi connectivity index (χ4v) is 4.95. The minimum Gasteiger partial charge on any atom is -0.385 e. The molecule has 0 unspecified atom stereocenters. The number of amides is 1. The zero-order chi connectivity index (χ0) is 33.9. The zero-order valence-electron chi connectivity index (χ0n) is 26.1. The molecule has 0 spiro atoms. The van der Waals surface area contributed by atoms with Crippen molar-refractivity contribution >= 4 is 35.1 Å². The Kier molecular flexibility index (Phi) is 18.0. The summed E-state index contributed by atoms with van der Waals surface area (Å²) < 4.78 is 44.3. The smallest absolute Gasteiger partial charge is 0.261 e. The van der Waals surface area contributed by atoms with Crippen LogP contribution in [0.4, 0.5) is 13.2 Å². The lowest BCUT2D eigenvalue weighted by Gasteiger charge is -2.12. The number of hydrogen-bond acceptors (Lipinski definition) is 6. The molecule has 0 radical (unpaired) electrons. The summed E-state index contributed by atoms with van der Waals surface area (Å²) in [6.07, 6.45) is 1.37. The Labute approximate surface area is 271 Å². The van der Waals surface area contributed by atoms with Gasteiger partial charge in [-0.05, 0) is 67.3 Å². The normalized spacial score (nSPS) is 9.71. The van der Waals surface area contributed by atoms with Crippen molar-refractivity contribution in [2.45, 2.75) is 54.0 Å². The largest absolute Gasteiger partial charge is 0.385 e. The molecule has 0 fully saturated rings. The predicted molar refractivity (Wildman–Crippen MR) is 174 cm³/mol. The molecule has 2 aromatic carbocycles. The van der Waals surface area contributed by atoms with Gasteiger partial charge in [-0.3, -0.25) is 9.59 Å². The van der Waals surface area contributed by atoms with E-state index < -0.39 is 17.5 Å². The van der Waals surface area contributed by atoms with E-state index in [4.69, 9.17) is 11.6 Å². The van der Waals surface area contributed by atoms with Crippen LogP contribution in [0.15, 0.2) is 54.6 Å². The zero-order valence-corrected chi connectivity index (χ0v) is 27.7. The van der Waals surface area contributed by atoms with E-state index in [1.54, 1.807) is 25.3 Å². The van der Waals surface area contributed by atoms with Crippen molar-refractivity contribution in [3.63, 3.8) is 0 Å². The number of pyridine rings is 1. The van der Waals surface area contributed by atoms with Gasteiger partial charge in [-0.1, -0.05) is 57.5 Å². The number of methoxy groups -OCH3 is 1. The molecule has 4 rings (SSSR count). The second-order valence-corrected chi connectivity index (χ2v) is 9.98. The maximum Gasteiger partial charge on any atom is 0.261 e. The minimum atomic E-state index is -1.01. The lowest BCUT2D eigenvalue weighted by molar-refractivity contribution is 0.0954. The van der Waals surface area contributed by atoms with Crippen molar-refractivity contribution in [3.05, 3.63) is 110 Å². The highest BCUT2D eigenvalue weighted by Crippen LogP contribution is 2.37. The Morgan fingerprint density at radius 3 is 2.18 bits per heavy atom. The van der Waals surface area contributed by atoms with Crippen molar-refractivity contribution in [3.8, 4) is 16.5 Å². The molecule has 0 aliphatic rings. The molecule has 4 aromatic rings. The third-order valence-electron chi connectivity index (χ3n) is 5.86. The number of aromatic nitrogens is 1. The van der Waals surface area contributed by atoms with Gasteiger partial charge >= 0.3 is 0 Å². The van der Waals surface area contributed by atoms with Crippen LogP contribution in [-0.4, -0.2) is 30.9 Å². The first-order valence-electron chi connectivity index (χ1n) is 14.4. The number of nitrogens with zero attached hydrogens (tertiary/aromatic N) is 2. The van der Waals surface area contributed by atoms with Crippen LogP contribution in [0.1, 0.15) is 77.0 Å². The number of ether oxygens (including phenoxy) is 1. The molecule has 0 aliphatic carbocycles. The lowest BCUT2D eigenvalue weighted by atomic mass is 9.97. The maximum atomic E-state index is 13.4. The molecular weight excluding hydrogens is 623 g/mol. The average Bonchev–Trinajstić information content (AvgIpc) is 3.56. The van der Waals surface area contributed by atoms with Crippen LogP contribution in [0, 0.1) is 28.8 Å². The van der Waals surface area contributed by atoms with Crippen LogP contribution in [0.2, 0.25) is 5.15 Å². The van der Waals surface area contributed by atoms with Crippen molar-refractivity contribution < 1.29 is 27.5 Å². The summed E-state index contributed by atoms with van der Waals surface area (Å²) >= 11 is 7.34. The van der Waals surface area contributed by atoms with E-state index in [2.05, 4.69) is 15.0 Å². The predicted octanol–water partition coefficient (Wildman–Crippen LogP) is 8.99. The number of benzene rings is 2. The van der Waals surface area contributed by atoms with Crippen LogP contribution in [0.5, 0.6) is 0 Å². The van der Waals surface area contributed by atoms with Gasteiger partial charge < -0.3 is 10.1 Å². The van der Waals surface area contributed by atoms with Crippen LogP contribution < -0.4 is 5.32 Å². The number of thiophene rings is 1. The van der Waals surface area contributed by atoms with E-state index in [1.807, 2.05) is 40.7 Å². The van der Waals surface area contributed by atoms with Crippen LogP contribution in [0.25, 0.3) is 10.4 Å². The van der Waals surface area contributed by atoms with Gasteiger partial charge in [-0.2, -0.15) is 5.26 Å². The van der Waals surface area contributed by atoms with E-state index in [9.17, 15) is 28.0 Å². The quantitative estimate of drug-likeness (QED) is 0.143. The monoisotopic (exact) mass is 659 g/mol. The minimum absolute atomic E-state index is 0.00453. The van der Waals surface area contributed by atoms with Crippen LogP contribution >= 0.6 is 22.9 Å². The summed E-state index contributed by atoms with van der Waals surface area (Å²) in [4.78, 5) is 29.8. The number of hydrogen-bond donors (Lipinski definition) is 1. The molecule has 6 nitrogen and oxygen atoms in total. The second kappa shape index (κ2) is 20.8. The van der Waals surface area contributed by atoms with Crippen LogP contribution in [0.3, 0.4) is 0 Å². The molecule has 0 bridgehead atoms. The van der Waals surface area contributed by atoms with E-state index in [-0.39, 0.29) is 39.1 Å². The first kappa shape index (κ1) is 39.0. The Bertz CT molecular complexity index is 1570. The number of carbonyl (C=O) groups excluding carboxylic acids is 2. The van der Waals surface area contributed by atoms with Crippen molar-refractivity contribution in [2.75, 3.05) is 13.7 Å². The van der Waals surface area contributed by atoms with E-state index in [1.165, 1.54) is 24.3 Å². The average molecular weight is 660 g/mol. The molecule has 2 heterocycles. The Hall–Kier alpha value is -4.04. The number of carbonyl (C=O) groups is 2. The van der Waals surface area contributed by atoms with Crippen molar-refractivity contribution in [1.29, 1.82) is 5.26 Å². The molecule has 11 heteroatoms. The highest BCUT2D eigenvalue weighted by Gasteiger charge is 2.22. The number of nitriles is 1. The van der Waals surface area contributed by atoms with Crippen molar-refractivity contribution in [2.24, 2.45) is 0 Å². The SMILES string of the molecule is CC.CC.CCOC.N#Cc1c(Cl)nc(CCc2ccc(F)cc2)c(C=O)c1-c1ccc(C(=O)NCc2ccc(F)c(F)c2)s1. The first-order valence-corrected chi connectivity index (χ1v) is 15.5. The lowest BCUT2D eigenvalue weighted by Crippen LogP contribution is -2.21. The number of rotatable bonds is 9. The van der Waals surface area contributed by atoms with Gasteiger partial charge in [0.05, 0.1) is 16.1 Å². The number of halogens is 4. The van der Waals surface area contributed by atoms with Gasteiger partial charge in [0.2, 0.25) is 0 Å². The van der Waals surface area contributed by atoms with Crippen molar-refractivity contribution in [1.82, 2.24) is 10.3 Å². The number of nitrogens with one attached hydrogen (secondary N) is 1. The molecule has 1 amide bonds. The van der Waals surface area contributed by atoms with Gasteiger partial charge in [-0.15, -0.1) is 11.3 Å². The van der Waals surface area contributed by atoms with Gasteiger partial charge in [0.1, 0.15) is 17.0 Å². The van der Waals surface area contributed by atoms with Crippen LogP contribution in [-0.2, 0) is 24.1 Å². The molecule has 45 heavy (non-hydrogen) atoms. The van der Waals surface area contributed by atoms with Gasteiger partial charge in [-0.25, -0.2) is 18.2 Å². The summed E-state index contributed by atoms with van der Waals surface area (Å²) in [7, 11) is 1.68. The summed E-state index contributed by atoms with van der Waals surface area (Å²) in [6.45, 7) is 10.8. The molecule has 1 N–H and O–H groups in total. The van der Waals surface area contributed by atoms with E-state index >= 15 is 0 Å². The molecule has 240 valence electrons. The van der Waals surface area contributed by atoms with Gasteiger partial charge in [0.15, 0.2) is 17.9 Å². The van der Waals surface area contributed by atoms with E-state index in [0.29, 0.717) is 35.3 Å². The Morgan fingerprint density at radius 1 is 1.00 bits per heavy atom. The second-order valence-electron chi connectivity index (χ2n) is 8.54. The standard InChI is InChI=1S/C27H17ClF3N3O2S.C3H8O.2C2H6/c28-26-18(12-32)25(19(14-35)22(34-26)8-4-15-1-5-17(29)6-2-15)23-9-10-24(37-23)27(36)33-13-16-3-7-20(30)21(31)11-16;1-3-4-2;2*1-2/h1-3,5-7,9-11,14H,4,8,13H2,(H,33,36);3H2,1-2H3;2*1-2H3. The topological polar surface area (TPSA) is 92.1 Å². The Morgan fingerprint density at radius 2 is 1.62 bits per heavy atom. The molecule has 0 saturated heterocycles. The van der Waals surface area contributed by atoms with Gasteiger partial charge in [0, 0.05) is 36.3 Å². The molecule has 0 aliphatic heterocycles. The molecule has 0 saturated carbocycles. The Balaban J connectivity index is 0.00000115. The fourth-order valence-electron chi connectivity index (χ4n) is 3.72. The maximum absolute atomic E-state index is 13.4. The summed E-state index contributed by atoms with van der Waals surface area (Å²) in [6, 6.07) is 14.4.